The van der Waals surface area contributed by atoms with Crippen LogP contribution in [0.5, 0.6) is 0 Å². The normalized spacial score (nSPS) is 17.0. The van der Waals surface area contributed by atoms with Crippen LogP contribution in [0.4, 0.5) is 5.82 Å². The van der Waals surface area contributed by atoms with Gasteiger partial charge in [0.1, 0.15) is 6.33 Å². The van der Waals surface area contributed by atoms with Gasteiger partial charge in [-0.1, -0.05) is 6.07 Å². The number of hydrogen-bond acceptors (Lipinski definition) is 7. The quantitative estimate of drug-likeness (QED) is 0.677. The van der Waals surface area contributed by atoms with E-state index in [9.17, 15) is 4.79 Å². The molecule has 28 heavy (non-hydrogen) atoms. The van der Waals surface area contributed by atoms with Crippen LogP contribution in [0.3, 0.4) is 0 Å². The van der Waals surface area contributed by atoms with Crippen LogP contribution in [0, 0.1) is 0 Å². The molecule has 0 bridgehead atoms. The SMILES string of the molecule is O=C(c1cccc(-n2cnnn2)c1)N1CCN(c2ccc(C3CC3)nn2)CC1. The van der Waals surface area contributed by atoms with Crippen molar-refractivity contribution in [1.29, 1.82) is 0 Å². The van der Waals surface area contributed by atoms with Gasteiger partial charge < -0.3 is 9.80 Å². The van der Waals surface area contributed by atoms with Crippen molar-refractivity contribution in [2.45, 2.75) is 18.8 Å². The number of tetrazole rings is 1. The van der Waals surface area contributed by atoms with Crippen molar-refractivity contribution in [3.63, 3.8) is 0 Å². The molecule has 0 atom stereocenters. The fourth-order valence-electron chi connectivity index (χ4n) is 3.48. The minimum absolute atomic E-state index is 0.0183. The van der Waals surface area contributed by atoms with Gasteiger partial charge in [-0.05, 0) is 53.6 Å². The molecular formula is C19H20N8O. The average molecular weight is 376 g/mol. The molecule has 3 aromatic rings. The van der Waals surface area contributed by atoms with Crippen LogP contribution in [0.25, 0.3) is 5.69 Å². The van der Waals surface area contributed by atoms with Gasteiger partial charge in [0.25, 0.3) is 5.91 Å². The molecule has 2 aliphatic rings. The van der Waals surface area contributed by atoms with Crippen molar-refractivity contribution < 1.29 is 4.79 Å². The highest BCUT2D eigenvalue weighted by molar-refractivity contribution is 5.95. The minimum Gasteiger partial charge on any atom is -0.352 e. The molecule has 1 aromatic carbocycles. The Bertz CT molecular complexity index is 960. The zero-order chi connectivity index (χ0) is 18.9. The highest BCUT2D eigenvalue weighted by Crippen LogP contribution is 2.38. The Morgan fingerprint density at radius 2 is 1.86 bits per heavy atom. The van der Waals surface area contributed by atoms with E-state index in [0.717, 1.165) is 30.3 Å². The van der Waals surface area contributed by atoms with Gasteiger partial charge >= 0.3 is 0 Å². The van der Waals surface area contributed by atoms with Crippen molar-refractivity contribution in [2.75, 3.05) is 31.1 Å². The molecule has 0 radical (unpaired) electrons. The second kappa shape index (κ2) is 6.99. The first-order valence-corrected chi connectivity index (χ1v) is 9.49. The molecule has 9 nitrogen and oxygen atoms in total. The molecule has 2 aromatic heterocycles. The topological polar surface area (TPSA) is 92.9 Å². The Morgan fingerprint density at radius 3 is 2.54 bits per heavy atom. The number of carbonyl (C=O) groups is 1. The lowest BCUT2D eigenvalue weighted by Crippen LogP contribution is -2.49. The summed E-state index contributed by atoms with van der Waals surface area (Å²) >= 11 is 0. The summed E-state index contributed by atoms with van der Waals surface area (Å²) in [4.78, 5) is 17.0. The van der Waals surface area contributed by atoms with E-state index in [1.807, 2.05) is 35.2 Å². The van der Waals surface area contributed by atoms with E-state index in [4.69, 9.17) is 0 Å². The van der Waals surface area contributed by atoms with Crippen molar-refractivity contribution in [1.82, 2.24) is 35.3 Å². The number of nitrogens with zero attached hydrogens (tertiary/aromatic N) is 8. The van der Waals surface area contributed by atoms with E-state index < -0.39 is 0 Å². The van der Waals surface area contributed by atoms with Crippen LogP contribution in [0.1, 0.15) is 34.8 Å². The molecule has 1 saturated heterocycles. The Balaban J connectivity index is 1.24. The number of benzene rings is 1. The average Bonchev–Trinajstić information content (AvgIpc) is 3.47. The number of aromatic nitrogens is 6. The number of anilines is 1. The number of carbonyl (C=O) groups excluding carboxylic acids is 1. The first kappa shape index (κ1) is 16.8. The van der Waals surface area contributed by atoms with Crippen molar-refractivity contribution >= 4 is 11.7 Å². The van der Waals surface area contributed by atoms with Crippen LogP contribution >= 0.6 is 0 Å². The van der Waals surface area contributed by atoms with Gasteiger partial charge in [0.15, 0.2) is 5.82 Å². The number of hydrogen-bond donors (Lipinski definition) is 0. The van der Waals surface area contributed by atoms with Gasteiger partial charge in [0.2, 0.25) is 0 Å². The highest BCUT2D eigenvalue weighted by atomic mass is 16.2. The van der Waals surface area contributed by atoms with E-state index in [1.54, 1.807) is 4.68 Å². The first-order chi connectivity index (χ1) is 13.8. The monoisotopic (exact) mass is 376 g/mol. The summed E-state index contributed by atoms with van der Waals surface area (Å²) in [5.41, 5.74) is 2.50. The summed E-state index contributed by atoms with van der Waals surface area (Å²) in [6.07, 6.45) is 3.96. The lowest BCUT2D eigenvalue weighted by Gasteiger charge is -2.35. The summed E-state index contributed by atoms with van der Waals surface area (Å²) in [6.45, 7) is 2.80. The van der Waals surface area contributed by atoms with Crippen LogP contribution in [0.15, 0.2) is 42.7 Å². The maximum absolute atomic E-state index is 12.9. The zero-order valence-corrected chi connectivity index (χ0v) is 15.3. The van der Waals surface area contributed by atoms with Gasteiger partial charge in [0, 0.05) is 37.7 Å². The Labute approximate surface area is 162 Å². The zero-order valence-electron chi connectivity index (χ0n) is 15.3. The number of amides is 1. The molecule has 142 valence electrons. The van der Waals surface area contributed by atoms with Crippen molar-refractivity contribution in [3.05, 3.63) is 54.0 Å². The summed E-state index contributed by atoms with van der Waals surface area (Å²) < 4.78 is 1.54. The van der Waals surface area contributed by atoms with Gasteiger partial charge in [-0.25, -0.2) is 4.68 Å². The van der Waals surface area contributed by atoms with Gasteiger partial charge in [-0.2, -0.15) is 5.10 Å². The summed E-state index contributed by atoms with van der Waals surface area (Å²) in [5, 5.41) is 19.9. The Kier molecular flexibility index (Phi) is 4.19. The molecule has 2 fully saturated rings. The molecule has 0 spiro atoms. The number of piperazine rings is 1. The molecule has 1 saturated carbocycles. The minimum atomic E-state index is 0.0183. The van der Waals surface area contributed by atoms with E-state index in [2.05, 4.69) is 36.7 Å². The lowest BCUT2D eigenvalue weighted by molar-refractivity contribution is 0.0746. The second-order valence-corrected chi connectivity index (χ2v) is 7.17. The fraction of sp³-hybridized carbons (Fsp3) is 0.368. The van der Waals surface area contributed by atoms with Crippen LogP contribution < -0.4 is 4.90 Å². The van der Waals surface area contributed by atoms with E-state index >= 15 is 0 Å². The van der Waals surface area contributed by atoms with E-state index in [-0.39, 0.29) is 5.91 Å². The van der Waals surface area contributed by atoms with Crippen molar-refractivity contribution in [3.8, 4) is 5.69 Å². The molecule has 1 aliphatic heterocycles. The first-order valence-electron chi connectivity index (χ1n) is 9.49. The standard InChI is InChI=1S/C19H20N8O/c28-19(15-2-1-3-16(12-15)27-13-20-23-24-27)26-10-8-25(9-11-26)18-7-6-17(21-22-18)14-4-5-14/h1-3,6-7,12-14H,4-5,8-11H2. The third kappa shape index (κ3) is 3.30. The van der Waals surface area contributed by atoms with Gasteiger partial charge in [-0.3, -0.25) is 4.79 Å². The third-order valence-electron chi connectivity index (χ3n) is 5.26. The van der Waals surface area contributed by atoms with E-state index in [0.29, 0.717) is 24.6 Å². The summed E-state index contributed by atoms with van der Waals surface area (Å²) in [7, 11) is 0. The fourth-order valence-corrected chi connectivity index (χ4v) is 3.48. The Morgan fingerprint density at radius 1 is 1.00 bits per heavy atom. The molecule has 3 heterocycles. The second-order valence-electron chi connectivity index (χ2n) is 7.17. The van der Waals surface area contributed by atoms with Crippen LogP contribution in [-0.2, 0) is 0 Å². The summed E-state index contributed by atoms with van der Waals surface area (Å²) in [5.74, 6) is 1.52. The predicted molar refractivity (Wildman–Crippen MR) is 101 cm³/mol. The van der Waals surface area contributed by atoms with Gasteiger partial charge in [-0.15, -0.1) is 10.2 Å². The molecule has 1 aliphatic carbocycles. The molecule has 9 heteroatoms. The summed E-state index contributed by atoms with van der Waals surface area (Å²) in [6, 6.07) is 11.5. The highest BCUT2D eigenvalue weighted by Gasteiger charge is 2.26. The van der Waals surface area contributed by atoms with Crippen molar-refractivity contribution in [2.24, 2.45) is 0 Å². The van der Waals surface area contributed by atoms with Crippen LogP contribution in [0.2, 0.25) is 0 Å². The predicted octanol–water partition coefficient (Wildman–Crippen LogP) is 1.29. The number of rotatable bonds is 4. The Hall–Kier alpha value is -3.36. The third-order valence-corrected chi connectivity index (χ3v) is 5.26. The van der Waals surface area contributed by atoms with E-state index in [1.165, 1.54) is 19.2 Å². The van der Waals surface area contributed by atoms with Gasteiger partial charge in [0.05, 0.1) is 11.4 Å². The smallest absolute Gasteiger partial charge is 0.254 e. The molecule has 0 unspecified atom stereocenters. The molecule has 0 N–H and O–H groups in total. The molecular weight excluding hydrogens is 356 g/mol. The van der Waals surface area contributed by atoms with Crippen LogP contribution in [-0.4, -0.2) is 67.4 Å². The maximum Gasteiger partial charge on any atom is 0.254 e. The molecule has 5 rings (SSSR count). The molecule has 1 amide bonds. The maximum atomic E-state index is 12.9. The largest absolute Gasteiger partial charge is 0.352 e. The lowest BCUT2D eigenvalue weighted by atomic mass is 10.1.